The summed E-state index contributed by atoms with van der Waals surface area (Å²) in [7, 11) is 0. The zero-order chi connectivity index (χ0) is 27.2. The van der Waals surface area contributed by atoms with Gasteiger partial charge in [-0.05, 0) is 50.1 Å². The maximum absolute atomic E-state index is 12.1. The van der Waals surface area contributed by atoms with Gasteiger partial charge >= 0.3 is 5.97 Å². The number of aliphatic carboxylic acids is 1. The van der Waals surface area contributed by atoms with E-state index in [2.05, 4.69) is 20.6 Å². The molecule has 0 saturated heterocycles. The predicted molar refractivity (Wildman–Crippen MR) is 140 cm³/mol. The number of carboxylic acid groups (broad SMARTS) is 1. The second-order valence-electron chi connectivity index (χ2n) is 8.44. The number of carbonyl (C=O) groups excluding carboxylic acids is 2. The predicted octanol–water partition coefficient (Wildman–Crippen LogP) is 3.79. The van der Waals surface area contributed by atoms with Gasteiger partial charge < -0.3 is 26.2 Å². The molecule has 0 aliphatic rings. The Morgan fingerprint density at radius 1 is 1.03 bits per heavy atom. The summed E-state index contributed by atoms with van der Waals surface area (Å²) < 4.78 is 5.73. The van der Waals surface area contributed by atoms with E-state index in [0.717, 1.165) is 5.56 Å². The van der Waals surface area contributed by atoms with Gasteiger partial charge in [-0.2, -0.15) is 0 Å². The fourth-order valence-electron chi connectivity index (χ4n) is 3.17. The Kier molecular flexibility index (Phi) is 11.5. The molecular weight excluding hydrogens is 474 g/mol. The molecule has 0 fully saturated rings. The fraction of sp³-hybridized carbons (Fsp3) is 0.296. The molecule has 10 nitrogen and oxygen atoms in total. The number of primary amides is 1. The molecule has 37 heavy (non-hydrogen) atoms. The van der Waals surface area contributed by atoms with Crippen LogP contribution in [0, 0.1) is 0 Å². The Morgan fingerprint density at radius 3 is 2.35 bits per heavy atom. The standard InChI is InChI=1S/C19H21NO4.C8H12N4O/c1-2-7-17(19(22)23)20-18(21)13-14-8-6-11-16(12-14)24-15-9-4-3-5-10-15;1-5(2)11-7-4-10-3-6(12-7)8(9)13/h3-6,8-12,17H,2,7,13H2,1H3,(H,20,21)(H,22,23);3-5H,1-2H3,(H2,9,13)(H,11,12). The van der Waals surface area contributed by atoms with Crippen LogP contribution in [-0.4, -0.2) is 44.9 Å². The number of carboxylic acids is 1. The van der Waals surface area contributed by atoms with Crippen LogP contribution in [0.2, 0.25) is 0 Å². The van der Waals surface area contributed by atoms with Gasteiger partial charge in [0.2, 0.25) is 5.91 Å². The van der Waals surface area contributed by atoms with Gasteiger partial charge in [-0.3, -0.25) is 14.6 Å². The zero-order valence-corrected chi connectivity index (χ0v) is 21.2. The summed E-state index contributed by atoms with van der Waals surface area (Å²) in [6.45, 7) is 5.82. The molecule has 3 aromatic rings. The fourth-order valence-corrected chi connectivity index (χ4v) is 3.17. The largest absolute Gasteiger partial charge is 0.480 e. The molecule has 1 atom stereocenters. The lowest BCUT2D eigenvalue weighted by Gasteiger charge is -2.13. The van der Waals surface area contributed by atoms with Crippen molar-refractivity contribution in [3.63, 3.8) is 0 Å². The summed E-state index contributed by atoms with van der Waals surface area (Å²) in [5.74, 6) is 0.0214. The van der Waals surface area contributed by atoms with Crippen molar-refractivity contribution < 1.29 is 24.2 Å². The van der Waals surface area contributed by atoms with E-state index in [1.165, 1.54) is 6.20 Å². The summed E-state index contributed by atoms with van der Waals surface area (Å²) in [5.41, 5.74) is 5.98. The van der Waals surface area contributed by atoms with Gasteiger partial charge in [0.1, 0.15) is 29.1 Å². The summed E-state index contributed by atoms with van der Waals surface area (Å²) in [6.07, 6.45) is 4.11. The average molecular weight is 508 g/mol. The normalized spacial score (nSPS) is 11.0. The number of nitrogens with zero attached hydrogens (tertiary/aromatic N) is 2. The van der Waals surface area contributed by atoms with Crippen molar-refractivity contribution in [2.45, 2.75) is 52.1 Å². The monoisotopic (exact) mass is 507 g/mol. The van der Waals surface area contributed by atoms with Crippen LogP contribution in [0.4, 0.5) is 5.82 Å². The van der Waals surface area contributed by atoms with E-state index in [4.69, 9.17) is 15.6 Å². The Hall–Kier alpha value is -4.47. The molecule has 0 bridgehead atoms. The number of anilines is 1. The highest BCUT2D eigenvalue weighted by Gasteiger charge is 2.18. The average Bonchev–Trinajstić information content (AvgIpc) is 2.85. The summed E-state index contributed by atoms with van der Waals surface area (Å²) in [4.78, 5) is 41.7. The van der Waals surface area contributed by atoms with Gasteiger partial charge in [0, 0.05) is 6.04 Å². The molecule has 1 aromatic heterocycles. The molecule has 0 aliphatic carbocycles. The van der Waals surface area contributed by atoms with Crippen LogP contribution < -0.4 is 21.1 Å². The van der Waals surface area contributed by atoms with E-state index in [1.807, 2.05) is 69.3 Å². The first kappa shape index (κ1) is 28.8. The van der Waals surface area contributed by atoms with Crippen molar-refractivity contribution in [3.05, 3.63) is 78.2 Å². The Balaban J connectivity index is 0.000000312. The number of para-hydroxylation sites is 1. The maximum atomic E-state index is 12.1. The van der Waals surface area contributed by atoms with Crippen molar-refractivity contribution in [2.24, 2.45) is 5.73 Å². The minimum absolute atomic E-state index is 0.111. The molecular formula is C27H33N5O5. The number of aromatic nitrogens is 2. The van der Waals surface area contributed by atoms with E-state index < -0.39 is 17.9 Å². The smallest absolute Gasteiger partial charge is 0.326 e. The minimum atomic E-state index is -1.01. The van der Waals surface area contributed by atoms with Crippen LogP contribution in [0.1, 0.15) is 49.7 Å². The number of ether oxygens (including phenoxy) is 1. The molecule has 0 spiro atoms. The van der Waals surface area contributed by atoms with Crippen molar-refractivity contribution >= 4 is 23.6 Å². The lowest BCUT2D eigenvalue weighted by Crippen LogP contribution is -2.41. The minimum Gasteiger partial charge on any atom is -0.480 e. The van der Waals surface area contributed by atoms with Gasteiger partial charge in [0.15, 0.2) is 0 Å². The number of hydrogen-bond acceptors (Lipinski definition) is 7. The third-order valence-electron chi connectivity index (χ3n) is 4.78. The molecule has 5 N–H and O–H groups in total. The molecule has 1 heterocycles. The lowest BCUT2D eigenvalue weighted by atomic mass is 10.1. The summed E-state index contributed by atoms with van der Waals surface area (Å²) in [5, 5.41) is 14.7. The highest BCUT2D eigenvalue weighted by molar-refractivity contribution is 5.90. The van der Waals surface area contributed by atoms with Crippen LogP contribution in [0.25, 0.3) is 0 Å². The zero-order valence-electron chi connectivity index (χ0n) is 21.2. The van der Waals surface area contributed by atoms with Crippen LogP contribution >= 0.6 is 0 Å². The molecule has 1 unspecified atom stereocenters. The van der Waals surface area contributed by atoms with Crippen LogP contribution in [0.3, 0.4) is 0 Å². The second-order valence-corrected chi connectivity index (χ2v) is 8.44. The van der Waals surface area contributed by atoms with Crippen LogP contribution in [-0.2, 0) is 16.0 Å². The summed E-state index contributed by atoms with van der Waals surface area (Å²) in [6, 6.07) is 16.0. The topological polar surface area (TPSA) is 157 Å². The third kappa shape index (κ3) is 10.8. The second kappa shape index (κ2) is 14.8. The molecule has 0 saturated carbocycles. The van der Waals surface area contributed by atoms with Gasteiger partial charge in [-0.25, -0.2) is 9.78 Å². The van der Waals surface area contributed by atoms with E-state index >= 15 is 0 Å². The highest BCUT2D eigenvalue weighted by atomic mass is 16.5. The van der Waals surface area contributed by atoms with Crippen molar-refractivity contribution in [2.75, 3.05) is 5.32 Å². The molecule has 10 heteroatoms. The van der Waals surface area contributed by atoms with Crippen molar-refractivity contribution in [1.29, 1.82) is 0 Å². The first-order chi connectivity index (χ1) is 17.7. The first-order valence-electron chi connectivity index (χ1n) is 11.9. The highest BCUT2D eigenvalue weighted by Crippen LogP contribution is 2.22. The molecule has 2 aromatic carbocycles. The number of carbonyl (C=O) groups is 3. The number of nitrogens with two attached hydrogens (primary N) is 1. The van der Waals surface area contributed by atoms with E-state index in [0.29, 0.717) is 30.2 Å². The number of hydrogen-bond donors (Lipinski definition) is 4. The molecule has 0 radical (unpaired) electrons. The van der Waals surface area contributed by atoms with Crippen LogP contribution in [0.15, 0.2) is 67.0 Å². The van der Waals surface area contributed by atoms with E-state index in [-0.39, 0.29) is 24.1 Å². The lowest BCUT2D eigenvalue weighted by molar-refractivity contribution is -0.141. The molecule has 3 rings (SSSR count). The number of amides is 2. The Morgan fingerprint density at radius 2 is 1.73 bits per heavy atom. The van der Waals surface area contributed by atoms with E-state index in [9.17, 15) is 14.4 Å². The van der Waals surface area contributed by atoms with Crippen LogP contribution in [0.5, 0.6) is 11.5 Å². The van der Waals surface area contributed by atoms with Crippen molar-refractivity contribution in [1.82, 2.24) is 15.3 Å². The number of benzene rings is 2. The third-order valence-corrected chi connectivity index (χ3v) is 4.78. The van der Waals surface area contributed by atoms with Gasteiger partial charge in [-0.15, -0.1) is 0 Å². The summed E-state index contributed by atoms with van der Waals surface area (Å²) >= 11 is 0. The molecule has 2 amide bonds. The maximum Gasteiger partial charge on any atom is 0.326 e. The quantitative estimate of drug-likeness (QED) is 0.305. The van der Waals surface area contributed by atoms with Crippen molar-refractivity contribution in [3.8, 4) is 11.5 Å². The van der Waals surface area contributed by atoms with Gasteiger partial charge in [-0.1, -0.05) is 43.7 Å². The Labute approximate surface area is 216 Å². The van der Waals surface area contributed by atoms with E-state index in [1.54, 1.807) is 12.3 Å². The molecule has 196 valence electrons. The number of nitrogens with one attached hydrogen (secondary N) is 2. The first-order valence-corrected chi connectivity index (χ1v) is 11.9. The van der Waals surface area contributed by atoms with Gasteiger partial charge in [0.25, 0.3) is 5.91 Å². The number of rotatable bonds is 11. The van der Waals surface area contributed by atoms with Gasteiger partial charge in [0.05, 0.1) is 18.8 Å². The SMILES string of the molecule is CC(C)Nc1cncc(C(N)=O)n1.CCCC(NC(=O)Cc1cccc(Oc2ccccc2)c1)C(=O)O. The molecule has 0 aliphatic heterocycles. The Bertz CT molecular complexity index is 1170.